The summed E-state index contributed by atoms with van der Waals surface area (Å²) in [6.07, 6.45) is 1.40. The average molecular weight is 128 g/mol. The van der Waals surface area contributed by atoms with Gasteiger partial charge in [-0.15, -0.1) is 0 Å². The summed E-state index contributed by atoms with van der Waals surface area (Å²) in [7, 11) is 0. The molecule has 0 bridgehead atoms. The monoisotopic (exact) mass is 128 g/mol. The molecule has 1 rings (SSSR count). The number of ketones is 1. The topological polar surface area (TPSA) is 26.3 Å². The molecule has 1 aliphatic heterocycles. The van der Waals surface area contributed by atoms with E-state index in [2.05, 4.69) is 0 Å². The molecule has 1 aliphatic rings. The van der Waals surface area contributed by atoms with Gasteiger partial charge >= 0.3 is 0 Å². The molecule has 1 unspecified atom stereocenters. The zero-order valence-corrected chi connectivity index (χ0v) is 5.94. The Morgan fingerprint density at radius 1 is 1.78 bits per heavy atom. The maximum atomic E-state index is 11.0. The van der Waals surface area contributed by atoms with Crippen LogP contribution in [0, 0.1) is 0 Å². The minimum Gasteiger partial charge on any atom is -0.367 e. The van der Waals surface area contributed by atoms with Gasteiger partial charge in [-0.1, -0.05) is 6.92 Å². The van der Waals surface area contributed by atoms with Crippen molar-refractivity contribution in [3.63, 3.8) is 0 Å². The van der Waals surface area contributed by atoms with E-state index in [9.17, 15) is 4.79 Å². The highest BCUT2D eigenvalue weighted by Gasteiger charge is 2.36. The van der Waals surface area contributed by atoms with Gasteiger partial charge in [-0.3, -0.25) is 4.79 Å². The van der Waals surface area contributed by atoms with Crippen LogP contribution >= 0.6 is 0 Å². The third-order valence-electron chi connectivity index (χ3n) is 2.01. The number of Topliss-reactive ketones (excluding diaryl/α,β-unsaturated/α-hetero) is 1. The molecule has 0 amide bonds. The minimum atomic E-state index is -0.444. The second kappa shape index (κ2) is 2.10. The van der Waals surface area contributed by atoms with Gasteiger partial charge in [-0.25, -0.2) is 0 Å². The summed E-state index contributed by atoms with van der Waals surface area (Å²) in [5.74, 6) is 0.255. The Labute approximate surface area is 55.2 Å². The summed E-state index contributed by atoms with van der Waals surface area (Å²) < 4.78 is 5.25. The van der Waals surface area contributed by atoms with E-state index >= 15 is 0 Å². The van der Waals surface area contributed by atoms with Crippen LogP contribution in [-0.2, 0) is 9.53 Å². The summed E-state index contributed by atoms with van der Waals surface area (Å²) in [6, 6.07) is 0. The fraction of sp³-hybridized carbons (Fsp3) is 0.857. The molecule has 1 heterocycles. The molecule has 0 saturated carbocycles. The molecule has 1 saturated heterocycles. The molecule has 52 valence electrons. The fourth-order valence-corrected chi connectivity index (χ4v) is 1.01. The average Bonchev–Trinajstić information content (AvgIpc) is 2.15. The van der Waals surface area contributed by atoms with Crippen LogP contribution in [0.2, 0.25) is 0 Å². The summed E-state index contributed by atoms with van der Waals surface area (Å²) in [6.45, 7) is 4.45. The maximum Gasteiger partial charge on any atom is 0.166 e. The molecule has 0 aromatic heterocycles. The molecular weight excluding hydrogens is 116 g/mol. The van der Waals surface area contributed by atoms with Crippen molar-refractivity contribution in [1.29, 1.82) is 0 Å². The predicted octanol–water partition coefficient (Wildman–Crippen LogP) is 1.14. The highest BCUT2D eigenvalue weighted by molar-refractivity contribution is 5.88. The largest absolute Gasteiger partial charge is 0.367 e. The standard InChI is InChI=1S/C7H12O2/c1-3-7(2)6(8)4-5-9-7/h3-5H2,1-2H3. The zero-order chi connectivity index (χ0) is 6.91. The molecule has 0 aromatic carbocycles. The van der Waals surface area contributed by atoms with Crippen LogP contribution in [0.25, 0.3) is 0 Å². The van der Waals surface area contributed by atoms with Gasteiger partial charge in [0.2, 0.25) is 0 Å². The van der Waals surface area contributed by atoms with Crippen LogP contribution in [0.5, 0.6) is 0 Å². The van der Waals surface area contributed by atoms with Crippen LogP contribution in [0.15, 0.2) is 0 Å². The van der Waals surface area contributed by atoms with Crippen molar-refractivity contribution in [2.75, 3.05) is 6.61 Å². The van der Waals surface area contributed by atoms with Crippen LogP contribution in [0.1, 0.15) is 26.7 Å². The van der Waals surface area contributed by atoms with Gasteiger partial charge < -0.3 is 4.74 Å². The first-order chi connectivity index (χ1) is 4.19. The van der Waals surface area contributed by atoms with Gasteiger partial charge in [0, 0.05) is 6.42 Å². The number of ether oxygens (including phenoxy) is 1. The molecule has 0 N–H and O–H groups in total. The number of hydrogen-bond donors (Lipinski definition) is 0. The van der Waals surface area contributed by atoms with Crippen molar-refractivity contribution in [3.05, 3.63) is 0 Å². The highest BCUT2D eigenvalue weighted by Crippen LogP contribution is 2.24. The normalized spacial score (nSPS) is 35.6. The summed E-state index contributed by atoms with van der Waals surface area (Å²) in [4.78, 5) is 11.0. The van der Waals surface area contributed by atoms with Crippen LogP contribution < -0.4 is 0 Å². The Morgan fingerprint density at radius 2 is 2.44 bits per heavy atom. The van der Waals surface area contributed by atoms with Crippen molar-refractivity contribution < 1.29 is 9.53 Å². The quantitative estimate of drug-likeness (QED) is 0.529. The Kier molecular flexibility index (Phi) is 1.58. The first kappa shape index (κ1) is 6.75. The SMILES string of the molecule is CCC1(C)OCCC1=O. The summed E-state index contributed by atoms with van der Waals surface area (Å²) in [5.41, 5.74) is -0.444. The Bertz CT molecular complexity index is 131. The second-order valence-corrected chi connectivity index (χ2v) is 2.61. The van der Waals surface area contributed by atoms with Gasteiger partial charge in [0.25, 0.3) is 0 Å². The van der Waals surface area contributed by atoms with Crippen molar-refractivity contribution in [1.82, 2.24) is 0 Å². The van der Waals surface area contributed by atoms with E-state index < -0.39 is 5.60 Å². The molecule has 9 heavy (non-hydrogen) atoms. The van der Waals surface area contributed by atoms with E-state index in [-0.39, 0.29) is 5.78 Å². The molecule has 1 atom stereocenters. The van der Waals surface area contributed by atoms with Gasteiger partial charge in [0.15, 0.2) is 5.78 Å². The van der Waals surface area contributed by atoms with E-state index in [1.54, 1.807) is 0 Å². The van der Waals surface area contributed by atoms with Gasteiger partial charge in [-0.05, 0) is 13.3 Å². The molecule has 2 heteroatoms. The molecule has 0 aromatic rings. The van der Waals surface area contributed by atoms with Crippen molar-refractivity contribution in [3.8, 4) is 0 Å². The minimum absolute atomic E-state index is 0.255. The van der Waals surface area contributed by atoms with Crippen molar-refractivity contribution in [2.45, 2.75) is 32.3 Å². The Balaban J connectivity index is 2.67. The van der Waals surface area contributed by atoms with E-state index in [1.807, 2.05) is 13.8 Å². The Hall–Kier alpha value is -0.370. The van der Waals surface area contributed by atoms with E-state index in [4.69, 9.17) is 4.74 Å². The van der Waals surface area contributed by atoms with Crippen molar-refractivity contribution in [2.24, 2.45) is 0 Å². The third-order valence-corrected chi connectivity index (χ3v) is 2.01. The van der Waals surface area contributed by atoms with Gasteiger partial charge in [0.05, 0.1) is 6.61 Å². The third kappa shape index (κ3) is 0.990. The predicted molar refractivity (Wildman–Crippen MR) is 34.3 cm³/mol. The molecule has 0 aliphatic carbocycles. The number of rotatable bonds is 1. The number of carbonyl (C=O) groups is 1. The van der Waals surface area contributed by atoms with Crippen LogP contribution in [-0.4, -0.2) is 18.0 Å². The lowest BCUT2D eigenvalue weighted by atomic mass is 9.99. The molecular formula is C7H12O2. The fourth-order valence-electron chi connectivity index (χ4n) is 1.01. The first-order valence-electron chi connectivity index (χ1n) is 3.36. The summed E-state index contributed by atoms with van der Waals surface area (Å²) >= 11 is 0. The highest BCUT2D eigenvalue weighted by atomic mass is 16.5. The van der Waals surface area contributed by atoms with Gasteiger partial charge in [-0.2, -0.15) is 0 Å². The molecule has 2 nitrogen and oxygen atoms in total. The van der Waals surface area contributed by atoms with E-state index in [0.717, 1.165) is 6.42 Å². The lowest BCUT2D eigenvalue weighted by Crippen LogP contribution is -2.30. The number of carbonyl (C=O) groups excluding carboxylic acids is 1. The zero-order valence-electron chi connectivity index (χ0n) is 5.94. The Morgan fingerprint density at radius 3 is 2.67 bits per heavy atom. The van der Waals surface area contributed by atoms with Crippen LogP contribution in [0.4, 0.5) is 0 Å². The second-order valence-electron chi connectivity index (χ2n) is 2.61. The van der Waals surface area contributed by atoms with E-state index in [1.165, 1.54) is 0 Å². The molecule has 0 radical (unpaired) electrons. The van der Waals surface area contributed by atoms with Crippen LogP contribution in [0.3, 0.4) is 0 Å². The smallest absolute Gasteiger partial charge is 0.166 e. The lowest BCUT2D eigenvalue weighted by Gasteiger charge is -2.17. The number of hydrogen-bond acceptors (Lipinski definition) is 2. The summed E-state index contributed by atoms with van der Waals surface area (Å²) in [5, 5.41) is 0. The molecule has 0 spiro atoms. The van der Waals surface area contributed by atoms with Gasteiger partial charge in [0.1, 0.15) is 5.60 Å². The first-order valence-corrected chi connectivity index (χ1v) is 3.36. The molecule has 1 fully saturated rings. The van der Waals surface area contributed by atoms with E-state index in [0.29, 0.717) is 13.0 Å². The maximum absolute atomic E-state index is 11.0. The lowest BCUT2D eigenvalue weighted by molar-refractivity contribution is -0.130. The van der Waals surface area contributed by atoms with Crippen molar-refractivity contribution >= 4 is 5.78 Å².